The second kappa shape index (κ2) is 11.9. The third kappa shape index (κ3) is 7.10. The Kier molecular flexibility index (Phi) is 9.56. The molecule has 1 N–H and O–H groups in total. The molecule has 0 aliphatic carbocycles. The maximum atomic E-state index is 13.2. The summed E-state index contributed by atoms with van der Waals surface area (Å²) in [5.74, 6) is 0.308. The molecule has 1 atom stereocenters. The molecular formula is C25H33BrN2O3. The van der Waals surface area contributed by atoms with Crippen LogP contribution in [-0.2, 0) is 16.1 Å². The Labute approximate surface area is 194 Å². The number of hydrogen-bond donors (Lipinski definition) is 1. The smallest absolute Gasteiger partial charge is 0.261 e. The zero-order valence-electron chi connectivity index (χ0n) is 19.1. The summed E-state index contributed by atoms with van der Waals surface area (Å²) in [6.45, 7) is 10.8. The van der Waals surface area contributed by atoms with E-state index in [2.05, 4.69) is 21.2 Å². The number of ether oxygens (including phenoxy) is 1. The van der Waals surface area contributed by atoms with Gasteiger partial charge in [0.25, 0.3) is 5.91 Å². The minimum Gasteiger partial charge on any atom is -0.484 e. The number of carbonyl (C=O) groups is 2. The van der Waals surface area contributed by atoms with Crippen molar-refractivity contribution < 1.29 is 14.3 Å². The SMILES string of the molecule is CCCNC(=O)C(CC)N(Cc1ccc(C)cc1)C(=O)COc1cc(C)c(Br)c(C)c1. The monoisotopic (exact) mass is 488 g/mol. The highest BCUT2D eigenvalue weighted by molar-refractivity contribution is 9.10. The molecule has 0 saturated heterocycles. The summed E-state index contributed by atoms with van der Waals surface area (Å²) in [7, 11) is 0. The van der Waals surface area contributed by atoms with Gasteiger partial charge in [-0.15, -0.1) is 0 Å². The van der Waals surface area contributed by atoms with Crippen molar-refractivity contribution in [2.75, 3.05) is 13.2 Å². The lowest BCUT2D eigenvalue weighted by molar-refractivity contribution is -0.143. The Hall–Kier alpha value is -2.34. The standard InChI is InChI=1S/C25H33BrN2O3/c1-6-12-27-25(30)22(7-2)28(15-20-10-8-17(3)9-11-20)23(29)16-31-21-13-18(4)24(26)19(5)14-21/h8-11,13-14,22H,6-7,12,15-16H2,1-5H3,(H,27,30). The summed E-state index contributed by atoms with van der Waals surface area (Å²) in [4.78, 5) is 27.6. The molecule has 0 aliphatic heterocycles. The second-order valence-electron chi connectivity index (χ2n) is 7.88. The van der Waals surface area contributed by atoms with E-state index in [4.69, 9.17) is 4.74 Å². The van der Waals surface area contributed by atoms with Crippen molar-refractivity contribution in [1.29, 1.82) is 0 Å². The van der Waals surface area contributed by atoms with Gasteiger partial charge in [-0.3, -0.25) is 9.59 Å². The molecule has 2 amide bonds. The first-order valence-corrected chi connectivity index (χ1v) is 11.6. The average molecular weight is 489 g/mol. The fraction of sp³-hybridized carbons (Fsp3) is 0.440. The van der Waals surface area contributed by atoms with Crippen LogP contribution in [0.15, 0.2) is 40.9 Å². The van der Waals surface area contributed by atoms with Crippen LogP contribution in [-0.4, -0.2) is 35.9 Å². The van der Waals surface area contributed by atoms with Gasteiger partial charge in [0.05, 0.1) is 0 Å². The predicted octanol–water partition coefficient (Wildman–Crippen LogP) is 5.09. The lowest BCUT2D eigenvalue weighted by Crippen LogP contribution is -2.50. The van der Waals surface area contributed by atoms with Gasteiger partial charge in [-0.25, -0.2) is 0 Å². The van der Waals surface area contributed by atoms with Crippen LogP contribution in [0.4, 0.5) is 0 Å². The summed E-state index contributed by atoms with van der Waals surface area (Å²) in [5.41, 5.74) is 4.23. The fourth-order valence-corrected chi connectivity index (χ4v) is 3.62. The normalized spacial score (nSPS) is 11.7. The Balaban J connectivity index is 2.21. The lowest BCUT2D eigenvalue weighted by Gasteiger charge is -2.30. The number of hydrogen-bond acceptors (Lipinski definition) is 3. The van der Waals surface area contributed by atoms with Gasteiger partial charge < -0.3 is 15.0 Å². The van der Waals surface area contributed by atoms with Crippen molar-refractivity contribution in [3.05, 3.63) is 63.1 Å². The van der Waals surface area contributed by atoms with E-state index in [1.165, 1.54) is 0 Å². The van der Waals surface area contributed by atoms with Gasteiger partial charge in [0.15, 0.2) is 6.61 Å². The molecule has 0 radical (unpaired) electrons. The van der Waals surface area contributed by atoms with Crippen LogP contribution in [0.3, 0.4) is 0 Å². The molecular weight excluding hydrogens is 456 g/mol. The first kappa shape index (κ1) is 24.9. The van der Waals surface area contributed by atoms with Crippen LogP contribution in [0.2, 0.25) is 0 Å². The van der Waals surface area contributed by atoms with Crippen molar-refractivity contribution in [1.82, 2.24) is 10.2 Å². The third-order valence-corrected chi connectivity index (χ3v) is 6.43. The summed E-state index contributed by atoms with van der Waals surface area (Å²) < 4.78 is 6.87. The summed E-state index contributed by atoms with van der Waals surface area (Å²) in [6.07, 6.45) is 1.38. The topological polar surface area (TPSA) is 58.6 Å². The molecule has 0 aromatic heterocycles. The molecule has 0 heterocycles. The van der Waals surface area contributed by atoms with E-state index in [-0.39, 0.29) is 18.4 Å². The third-order valence-electron chi connectivity index (χ3n) is 5.18. The van der Waals surface area contributed by atoms with Crippen molar-refractivity contribution in [2.45, 2.75) is 60.0 Å². The van der Waals surface area contributed by atoms with Crippen molar-refractivity contribution in [3.63, 3.8) is 0 Å². The van der Waals surface area contributed by atoms with E-state index < -0.39 is 6.04 Å². The minimum atomic E-state index is -0.544. The van der Waals surface area contributed by atoms with Crippen molar-refractivity contribution in [3.8, 4) is 5.75 Å². The number of halogens is 1. The van der Waals surface area contributed by atoms with Crippen LogP contribution >= 0.6 is 15.9 Å². The number of rotatable bonds is 10. The minimum absolute atomic E-state index is 0.121. The van der Waals surface area contributed by atoms with E-state index in [1.807, 2.05) is 71.0 Å². The highest BCUT2D eigenvalue weighted by atomic mass is 79.9. The Morgan fingerprint density at radius 2 is 1.68 bits per heavy atom. The van der Waals surface area contributed by atoms with E-state index in [0.717, 1.165) is 33.1 Å². The number of aryl methyl sites for hydroxylation is 3. The molecule has 31 heavy (non-hydrogen) atoms. The highest BCUT2D eigenvalue weighted by Crippen LogP contribution is 2.26. The van der Waals surface area contributed by atoms with Crippen molar-refractivity contribution in [2.24, 2.45) is 0 Å². The Morgan fingerprint density at radius 1 is 1.06 bits per heavy atom. The molecule has 1 unspecified atom stereocenters. The van der Waals surface area contributed by atoms with Crippen LogP contribution in [0.25, 0.3) is 0 Å². The molecule has 168 valence electrons. The van der Waals surface area contributed by atoms with E-state index >= 15 is 0 Å². The number of nitrogens with zero attached hydrogens (tertiary/aromatic N) is 1. The quantitative estimate of drug-likeness (QED) is 0.506. The molecule has 2 aromatic carbocycles. The maximum absolute atomic E-state index is 13.2. The first-order valence-electron chi connectivity index (χ1n) is 10.8. The van der Waals surface area contributed by atoms with Crippen molar-refractivity contribution >= 4 is 27.7 Å². The molecule has 2 rings (SSSR count). The molecule has 2 aromatic rings. The van der Waals surface area contributed by atoms with Crippen LogP contribution in [0.5, 0.6) is 5.75 Å². The Morgan fingerprint density at radius 3 is 2.23 bits per heavy atom. The summed E-state index contributed by atoms with van der Waals surface area (Å²) in [5, 5.41) is 2.93. The molecule has 0 bridgehead atoms. The molecule has 5 nitrogen and oxygen atoms in total. The number of amides is 2. The van der Waals surface area contributed by atoms with Gasteiger partial charge in [0, 0.05) is 17.6 Å². The summed E-state index contributed by atoms with van der Waals surface area (Å²) in [6, 6.07) is 11.3. The highest BCUT2D eigenvalue weighted by Gasteiger charge is 2.28. The zero-order valence-corrected chi connectivity index (χ0v) is 20.7. The molecule has 0 spiro atoms. The molecule has 0 fully saturated rings. The van der Waals surface area contributed by atoms with Gasteiger partial charge >= 0.3 is 0 Å². The lowest BCUT2D eigenvalue weighted by atomic mass is 10.1. The maximum Gasteiger partial charge on any atom is 0.261 e. The van der Waals surface area contributed by atoms with Gasteiger partial charge in [-0.1, -0.05) is 59.6 Å². The summed E-state index contributed by atoms with van der Waals surface area (Å²) >= 11 is 3.55. The first-order chi connectivity index (χ1) is 14.8. The van der Waals surface area contributed by atoms with Crippen LogP contribution < -0.4 is 10.1 Å². The number of carbonyl (C=O) groups excluding carboxylic acids is 2. The molecule has 6 heteroatoms. The number of benzene rings is 2. The average Bonchev–Trinajstić information content (AvgIpc) is 2.75. The van der Waals surface area contributed by atoms with Gasteiger partial charge in [0.2, 0.25) is 5.91 Å². The predicted molar refractivity (Wildman–Crippen MR) is 128 cm³/mol. The fourth-order valence-electron chi connectivity index (χ4n) is 3.39. The van der Waals surface area contributed by atoms with E-state index in [0.29, 0.717) is 25.3 Å². The van der Waals surface area contributed by atoms with Crippen LogP contribution in [0, 0.1) is 20.8 Å². The number of nitrogens with one attached hydrogen (secondary N) is 1. The Bertz CT molecular complexity index is 873. The van der Waals surface area contributed by atoms with Crippen LogP contribution in [0.1, 0.15) is 48.9 Å². The van der Waals surface area contributed by atoms with Gasteiger partial charge in [-0.2, -0.15) is 0 Å². The largest absolute Gasteiger partial charge is 0.484 e. The van der Waals surface area contributed by atoms with Gasteiger partial charge in [0.1, 0.15) is 11.8 Å². The van der Waals surface area contributed by atoms with Gasteiger partial charge in [-0.05, 0) is 62.4 Å². The van der Waals surface area contributed by atoms with E-state index in [9.17, 15) is 9.59 Å². The second-order valence-corrected chi connectivity index (χ2v) is 8.68. The van der Waals surface area contributed by atoms with E-state index in [1.54, 1.807) is 4.90 Å². The molecule has 0 saturated carbocycles. The zero-order chi connectivity index (χ0) is 23.0. The molecule has 0 aliphatic rings.